The minimum absolute atomic E-state index is 0.0107. The molecule has 0 atom stereocenters. The summed E-state index contributed by atoms with van der Waals surface area (Å²) in [5.74, 6) is 1.33. The first-order chi connectivity index (χ1) is 11.2. The van der Waals surface area contributed by atoms with Crippen molar-refractivity contribution in [1.82, 2.24) is 10.3 Å². The summed E-state index contributed by atoms with van der Waals surface area (Å²) in [6.07, 6.45) is 3.42. The Morgan fingerprint density at radius 1 is 1.30 bits per heavy atom. The summed E-state index contributed by atoms with van der Waals surface area (Å²) in [4.78, 5) is 16.0. The van der Waals surface area contributed by atoms with Gasteiger partial charge in [-0.15, -0.1) is 0 Å². The Morgan fingerprint density at radius 2 is 2.09 bits per heavy atom. The van der Waals surface area contributed by atoms with E-state index in [1.165, 1.54) is 5.56 Å². The van der Waals surface area contributed by atoms with Gasteiger partial charge in [0.25, 0.3) is 0 Å². The molecule has 0 saturated heterocycles. The van der Waals surface area contributed by atoms with E-state index < -0.39 is 0 Å². The Balaban J connectivity index is 1.74. The lowest BCUT2D eigenvalue weighted by Crippen LogP contribution is -2.25. The van der Waals surface area contributed by atoms with Gasteiger partial charge >= 0.3 is 0 Å². The normalized spacial score (nSPS) is 10.7. The second-order valence-electron chi connectivity index (χ2n) is 5.38. The summed E-state index contributed by atoms with van der Waals surface area (Å²) >= 11 is 0. The van der Waals surface area contributed by atoms with Gasteiger partial charge in [0.05, 0.1) is 6.20 Å². The number of rotatable bonds is 9. The maximum atomic E-state index is 11.7. The van der Waals surface area contributed by atoms with E-state index >= 15 is 0 Å². The molecule has 1 aromatic heterocycles. The number of hydrogen-bond donors (Lipinski definition) is 1. The highest BCUT2D eigenvalue weighted by atomic mass is 16.5. The average Bonchev–Trinajstić information content (AvgIpc) is 3.02. The molecule has 2 rings (SSSR count). The lowest BCUT2D eigenvalue weighted by molar-refractivity contribution is -0.121. The third-order valence-corrected chi connectivity index (χ3v) is 3.45. The van der Waals surface area contributed by atoms with Crippen molar-refractivity contribution >= 4 is 5.91 Å². The first-order valence-electron chi connectivity index (χ1n) is 8.05. The molecule has 1 N–H and O–H groups in total. The van der Waals surface area contributed by atoms with Gasteiger partial charge < -0.3 is 14.5 Å². The van der Waals surface area contributed by atoms with Crippen LogP contribution in [-0.2, 0) is 16.0 Å². The highest BCUT2D eigenvalue weighted by molar-refractivity contribution is 5.76. The highest BCUT2D eigenvalue weighted by Crippen LogP contribution is 2.21. The molecule has 23 heavy (non-hydrogen) atoms. The molecule has 5 heteroatoms. The third kappa shape index (κ3) is 5.87. The van der Waals surface area contributed by atoms with Gasteiger partial charge in [-0.1, -0.05) is 29.8 Å². The largest absolute Gasteiger partial charge is 0.441 e. The topological polar surface area (TPSA) is 64.4 Å². The van der Waals surface area contributed by atoms with Crippen molar-refractivity contribution in [2.75, 3.05) is 19.8 Å². The molecule has 0 radical (unpaired) electrons. The fourth-order valence-electron chi connectivity index (χ4n) is 2.13. The van der Waals surface area contributed by atoms with E-state index in [9.17, 15) is 4.79 Å². The van der Waals surface area contributed by atoms with Crippen LogP contribution in [0.15, 0.2) is 34.9 Å². The number of nitrogens with one attached hydrogen (secondary N) is 1. The number of amides is 1. The molecule has 0 unspecified atom stereocenters. The van der Waals surface area contributed by atoms with Crippen LogP contribution in [0.3, 0.4) is 0 Å². The van der Waals surface area contributed by atoms with Crippen LogP contribution in [0.25, 0.3) is 11.3 Å². The SMILES string of the molecule is CCOCCCNC(=O)CCc1ncc(-c2ccc(C)cc2)o1. The van der Waals surface area contributed by atoms with Crippen LogP contribution in [-0.4, -0.2) is 30.6 Å². The lowest BCUT2D eigenvalue weighted by atomic mass is 10.1. The minimum atomic E-state index is 0.0107. The summed E-state index contributed by atoms with van der Waals surface area (Å²) in [5.41, 5.74) is 2.20. The zero-order valence-corrected chi connectivity index (χ0v) is 13.8. The molecule has 0 aliphatic rings. The van der Waals surface area contributed by atoms with Crippen molar-refractivity contribution < 1.29 is 13.9 Å². The summed E-state index contributed by atoms with van der Waals surface area (Å²) in [7, 11) is 0. The summed E-state index contributed by atoms with van der Waals surface area (Å²) in [6.45, 7) is 6.03. The standard InChI is InChI=1S/C18H24N2O3/c1-3-22-12-4-11-19-17(21)9-10-18-20-13-16(23-18)15-7-5-14(2)6-8-15/h5-8,13H,3-4,9-12H2,1-2H3,(H,19,21). The fraction of sp³-hybridized carbons (Fsp3) is 0.444. The monoisotopic (exact) mass is 316 g/mol. The quantitative estimate of drug-likeness (QED) is 0.722. The molecule has 0 saturated carbocycles. The number of carbonyl (C=O) groups excluding carboxylic acids is 1. The van der Waals surface area contributed by atoms with E-state index in [0.29, 0.717) is 38.5 Å². The first kappa shape index (κ1) is 17.2. The van der Waals surface area contributed by atoms with Crippen molar-refractivity contribution in [3.05, 3.63) is 41.9 Å². The van der Waals surface area contributed by atoms with Crippen LogP contribution in [0.1, 0.15) is 31.2 Å². The Kier molecular flexibility index (Phi) is 6.81. The van der Waals surface area contributed by atoms with Crippen molar-refractivity contribution in [3.8, 4) is 11.3 Å². The summed E-state index contributed by atoms with van der Waals surface area (Å²) < 4.78 is 10.9. The lowest BCUT2D eigenvalue weighted by Gasteiger charge is -2.04. The molecule has 1 heterocycles. The molecule has 1 aromatic carbocycles. The van der Waals surface area contributed by atoms with E-state index in [2.05, 4.69) is 10.3 Å². The van der Waals surface area contributed by atoms with Crippen molar-refractivity contribution in [1.29, 1.82) is 0 Å². The molecular formula is C18H24N2O3. The maximum Gasteiger partial charge on any atom is 0.220 e. The molecular weight excluding hydrogens is 292 g/mol. The number of aryl methyl sites for hydroxylation is 2. The van der Waals surface area contributed by atoms with E-state index in [0.717, 1.165) is 17.7 Å². The molecule has 5 nitrogen and oxygen atoms in total. The Hall–Kier alpha value is -2.14. The van der Waals surface area contributed by atoms with E-state index in [1.807, 2.05) is 38.1 Å². The number of benzene rings is 1. The molecule has 0 spiro atoms. The van der Waals surface area contributed by atoms with E-state index in [1.54, 1.807) is 6.20 Å². The van der Waals surface area contributed by atoms with Gasteiger partial charge in [0.2, 0.25) is 5.91 Å². The van der Waals surface area contributed by atoms with Crippen LogP contribution >= 0.6 is 0 Å². The van der Waals surface area contributed by atoms with Crippen LogP contribution in [0.5, 0.6) is 0 Å². The van der Waals surface area contributed by atoms with Gasteiger partial charge in [0.1, 0.15) is 0 Å². The van der Waals surface area contributed by atoms with Gasteiger partial charge in [-0.25, -0.2) is 4.98 Å². The molecule has 1 amide bonds. The Morgan fingerprint density at radius 3 is 2.83 bits per heavy atom. The van der Waals surface area contributed by atoms with E-state index in [-0.39, 0.29) is 5.91 Å². The van der Waals surface area contributed by atoms with Crippen molar-refractivity contribution in [2.45, 2.75) is 33.1 Å². The highest BCUT2D eigenvalue weighted by Gasteiger charge is 2.08. The van der Waals surface area contributed by atoms with Crippen LogP contribution in [0.4, 0.5) is 0 Å². The van der Waals surface area contributed by atoms with Crippen LogP contribution in [0.2, 0.25) is 0 Å². The minimum Gasteiger partial charge on any atom is -0.441 e. The predicted octanol–water partition coefficient (Wildman–Crippen LogP) is 3.13. The summed E-state index contributed by atoms with van der Waals surface area (Å²) in [5, 5.41) is 2.87. The van der Waals surface area contributed by atoms with Gasteiger partial charge in [-0.2, -0.15) is 0 Å². The molecule has 0 fully saturated rings. The smallest absolute Gasteiger partial charge is 0.220 e. The Labute approximate surface area is 137 Å². The van der Waals surface area contributed by atoms with Gasteiger partial charge in [0.15, 0.2) is 11.7 Å². The molecule has 0 aliphatic carbocycles. The van der Waals surface area contributed by atoms with Crippen LogP contribution < -0.4 is 5.32 Å². The molecule has 0 bridgehead atoms. The number of carbonyl (C=O) groups is 1. The zero-order valence-electron chi connectivity index (χ0n) is 13.8. The number of hydrogen-bond acceptors (Lipinski definition) is 4. The number of oxazole rings is 1. The van der Waals surface area contributed by atoms with Gasteiger partial charge in [-0.3, -0.25) is 4.79 Å². The van der Waals surface area contributed by atoms with E-state index in [4.69, 9.17) is 9.15 Å². The molecule has 0 aliphatic heterocycles. The second kappa shape index (κ2) is 9.10. The van der Waals surface area contributed by atoms with Crippen molar-refractivity contribution in [2.24, 2.45) is 0 Å². The Bertz CT molecular complexity index is 605. The van der Waals surface area contributed by atoms with Gasteiger partial charge in [-0.05, 0) is 20.3 Å². The number of aromatic nitrogens is 1. The summed E-state index contributed by atoms with van der Waals surface area (Å²) in [6, 6.07) is 8.08. The average molecular weight is 316 g/mol. The third-order valence-electron chi connectivity index (χ3n) is 3.45. The maximum absolute atomic E-state index is 11.7. The first-order valence-corrected chi connectivity index (χ1v) is 8.05. The van der Waals surface area contributed by atoms with Gasteiger partial charge in [0, 0.05) is 38.2 Å². The van der Waals surface area contributed by atoms with Crippen molar-refractivity contribution in [3.63, 3.8) is 0 Å². The molecule has 124 valence electrons. The second-order valence-corrected chi connectivity index (χ2v) is 5.38. The number of nitrogens with zero attached hydrogens (tertiary/aromatic N) is 1. The zero-order chi connectivity index (χ0) is 16.5. The molecule has 2 aromatic rings. The fourth-order valence-corrected chi connectivity index (χ4v) is 2.13. The van der Waals surface area contributed by atoms with Crippen LogP contribution in [0, 0.1) is 6.92 Å². The number of ether oxygens (including phenoxy) is 1. The predicted molar refractivity (Wildman–Crippen MR) is 89.1 cm³/mol.